The van der Waals surface area contributed by atoms with Gasteiger partial charge in [-0.2, -0.15) is 0 Å². The van der Waals surface area contributed by atoms with Gasteiger partial charge in [0.15, 0.2) is 0 Å². The molecule has 0 atom stereocenters. The summed E-state index contributed by atoms with van der Waals surface area (Å²) in [6, 6.07) is 10.9. The van der Waals surface area contributed by atoms with Gasteiger partial charge < -0.3 is 9.96 Å². The van der Waals surface area contributed by atoms with E-state index in [0.29, 0.717) is 0 Å². The van der Waals surface area contributed by atoms with Crippen molar-refractivity contribution in [3.05, 3.63) is 35.9 Å². The highest BCUT2D eigenvalue weighted by atomic mass is 16.0. The first kappa shape index (κ1) is 24.1. The van der Waals surface area contributed by atoms with Gasteiger partial charge in [0.2, 0.25) is 0 Å². The van der Waals surface area contributed by atoms with Crippen molar-refractivity contribution < 1.29 is 9.96 Å². The molecule has 0 saturated heterocycles. The van der Waals surface area contributed by atoms with Crippen molar-refractivity contribution in [2.24, 2.45) is 0 Å². The summed E-state index contributed by atoms with van der Waals surface area (Å²) in [5.74, 6) is 0. The van der Waals surface area contributed by atoms with Crippen molar-refractivity contribution in [1.29, 1.82) is 0 Å². The van der Waals surface area contributed by atoms with Crippen LogP contribution in [-0.2, 0) is 6.54 Å². The summed E-state index contributed by atoms with van der Waals surface area (Å²) in [4.78, 5) is 0. The Balaban J connectivity index is 0.00000576. The molecule has 2 N–H and O–H groups in total. The monoisotopic (exact) mass is 350 g/mol. The van der Waals surface area contributed by atoms with E-state index in [1.54, 1.807) is 0 Å². The Morgan fingerprint density at radius 1 is 0.640 bits per heavy atom. The van der Waals surface area contributed by atoms with Gasteiger partial charge in [-0.05, 0) is 12.8 Å². The molecule has 0 aromatic heterocycles. The Morgan fingerprint density at radius 2 is 1.08 bits per heavy atom. The Bertz CT molecular complexity index is 388. The van der Waals surface area contributed by atoms with E-state index in [1.807, 2.05) is 0 Å². The normalized spacial score (nSPS) is 11.3. The summed E-state index contributed by atoms with van der Waals surface area (Å²) >= 11 is 0. The Labute approximate surface area is 157 Å². The molecule has 0 unspecified atom stereocenters. The van der Waals surface area contributed by atoms with Gasteiger partial charge in [-0.3, -0.25) is 0 Å². The second-order valence-electron chi connectivity index (χ2n) is 8.19. The number of rotatable bonds is 15. The van der Waals surface area contributed by atoms with Gasteiger partial charge in [0.25, 0.3) is 0 Å². The molecular formula is C23H44NO+. The predicted molar refractivity (Wildman–Crippen MR) is 112 cm³/mol. The minimum atomic E-state index is 0. The van der Waals surface area contributed by atoms with Crippen LogP contribution in [0, 0.1) is 0 Å². The largest absolute Gasteiger partial charge is 0.412 e. The molecule has 146 valence electrons. The van der Waals surface area contributed by atoms with Gasteiger partial charge in [-0.25, -0.2) is 0 Å². The van der Waals surface area contributed by atoms with E-state index < -0.39 is 0 Å². The third-order valence-electron chi connectivity index (χ3n) is 5.07. The molecule has 0 radical (unpaired) electrons. The van der Waals surface area contributed by atoms with Gasteiger partial charge in [0.05, 0.1) is 20.6 Å². The molecule has 1 rings (SSSR count). The average Bonchev–Trinajstić information content (AvgIpc) is 2.56. The fraction of sp³-hybridized carbons (Fsp3) is 0.739. The second-order valence-corrected chi connectivity index (χ2v) is 8.19. The topological polar surface area (TPSA) is 31.5 Å². The summed E-state index contributed by atoms with van der Waals surface area (Å²) in [6.45, 7) is 4.74. The third kappa shape index (κ3) is 14.0. The van der Waals surface area contributed by atoms with E-state index in [9.17, 15) is 0 Å². The van der Waals surface area contributed by atoms with Gasteiger partial charge in [0, 0.05) is 5.56 Å². The average molecular weight is 351 g/mol. The summed E-state index contributed by atoms with van der Waals surface area (Å²) < 4.78 is 1.11. The first-order valence-corrected chi connectivity index (χ1v) is 10.5. The lowest BCUT2D eigenvalue weighted by Crippen LogP contribution is -2.39. The van der Waals surface area contributed by atoms with Gasteiger partial charge >= 0.3 is 0 Å². The van der Waals surface area contributed by atoms with Crippen molar-refractivity contribution >= 4 is 0 Å². The van der Waals surface area contributed by atoms with Crippen LogP contribution in [0.25, 0.3) is 0 Å². The summed E-state index contributed by atoms with van der Waals surface area (Å²) in [5, 5.41) is 0. The molecule has 0 aliphatic heterocycles. The molecule has 1 aromatic rings. The van der Waals surface area contributed by atoms with Gasteiger partial charge in [-0.1, -0.05) is 101 Å². The molecule has 0 fully saturated rings. The quantitative estimate of drug-likeness (QED) is 0.269. The number of unbranched alkanes of at least 4 members (excludes halogenated alkanes) is 11. The summed E-state index contributed by atoms with van der Waals surface area (Å²) in [6.07, 6.45) is 17.2. The fourth-order valence-electron chi connectivity index (χ4n) is 3.54. The van der Waals surface area contributed by atoms with Gasteiger partial charge in [0.1, 0.15) is 6.54 Å². The zero-order valence-electron chi connectivity index (χ0n) is 17.2. The van der Waals surface area contributed by atoms with E-state index in [1.165, 1.54) is 89.2 Å². The molecule has 0 bridgehead atoms. The van der Waals surface area contributed by atoms with Crippen LogP contribution in [0.2, 0.25) is 0 Å². The van der Waals surface area contributed by atoms with Crippen LogP contribution in [-0.4, -0.2) is 30.6 Å². The van der Waals surface area contributed by atoms with E-state index in [-0.39, 0.29) is 5.48 Å². The lowest BCUT2D eigenvalue weighted by Gasteiger charge is -2.30. The second kappa shape index (κ2) is 15.4. The fourth-order valence-corrected chi connectivity index (χ4v) is 3.54. The van der Waals surface area contributed by atoms with Crippen LogP contribution in [0.1, 0.15) is 89.5 Å². The lowest BCUT2D eigenvalue weighted by atomic mass is 10.1. The van der Waals surface area contributed by atoms with Gasteiger partial charge in [-0.15, -0.1) is 0 Å². The van der Waals surface area contributed by atoms with Crippen LogP contribution >= 0.6 is 0 Å². The molecule has 25 heavy (non-hydrogen) atoms. The number of nitrogens with zero attached hydrogens (tertiary/aromatic N) is 1. The van der Waals surface area contributed by atoms with E-state index in [0.717, 1.165) is 11.0 Å². The number of quaternary nitrogens is 1. The van der Waals surface area contributed by atoms with Crippen molar-refractivity contribution in [2.45, 2.75) is 90.5 Å². The smallest absolute Gasteiger partial charge is 0.104 e. The zero-order valence-corrected chi connectivity index (χ0v) is 17.2. The highest BCUT2D eigenvalue weighted by Gasteiger charge is 2.14. The molecule has 0 amide bonds. The van der Waals surface area contributed by atoms with Crippen LogP contribution in [0.5, 0.6) is 0 Å². The van der Waals surface area contributed by atoms with Crippen molar-refractivity contribution in [1.82, 2.24) is 0 Å². The van der Waals surface area contributed by atoms with E-state index in [4.69, 9.17) is 0 Å². The Hall–Kier alpha value is -0.860. The molecule has 0 spiro atoms. The number of hydrogen-bond acceptors (Lipinski definition) is 0. The first-order chi connectivity index (χ1) is 11.6. The first-order valence-electron chi connectivity index (χ1n) is 10.5. The van der Waals surface area contributed by atoms with Crippen molar-refractivity contribution in [3.8, 4) is 0 Å². The number of benzene rings is 1. The Morgan fingerprint density at radius 3 is 1.56 bits per heavy atom. The minimum absolute atomic E-state index is 0. The van der Waals surface area contributed by atoms with Crippen LogP contribution in [0.4, 0.5) is 0 Å². The third-order valence-corrected chi connectivity index (χ3v) is 5.07. The highest BCUT2D eigenvalue weighted by Crippen LogP contribution is 2.14. The SMILES string of the molecule is CCCCCCCCCCCCCC[N+](C)(C)Cc1ccccc1.O. The molecule has 2 nitrogen and oxygen atoms in total. The van der Waals surface area contributed by atoms with Crippen molar-refractivity contribution in [3.63, 3.8) is 0 Å². The van der Waals surface area contributed by atoms with Crippen LogP contribution in [0.3, 0.4) is 0 Å². The standard InChI is InChI=1S/C23H42N.H2O/c1-4-5-6-7-8-9-10-11-12-13-14-18-21-24(2,3)22-23-19-16-15-17-20-23;/h15-17,19-20H,4-14,18,21-22H2,1-3H3;1H2/q+1;. The zero-order chi connectivity index (χ0) is 17.5. The molecule has 2 heteroatoms. The molecule has 0 saturated carbocycles. The summed E-state index contributed by atoms with van der Waals surface area (Å²) in [7, 11) is 4.73. The van der Waals surface area contributed by atoms with E-state index in [2.05, 4.69) is 51.4 Å². The maximum absolute atomic E-state index is 2.37. The molecular weight excluding hydrogens is 306 g/mol. The molecule has 1 aromatic carbocycles. The Kier molecular flexibility index (Phi) is 14.9. The van der Waals surface area contributed by atoms with E-state index >= 15 is 0 Å². The highest BCUT2D eigenvalue weighted by molar-refractivity contribution is 5.13. The van der Waals surface area contributed by atoms with Crippen LogP contribution in [0.15, 0.2) is 30.3 Å². The van der Waals surface area contributed by atoms with Crippen LogP contribution < -0.4 is 0 Å². The number of hydrogen-bond donors (Lipinski definition) is 0. The van der Waals surface area contributed by atoms with Crippen molar-refractivity contribution in [2.75, 3.05) is 20.6 Å². The lowest BCUT2D eigenvalue weighted by molar-refractivity contribution is -0.903. The maximum atomic E-state index is 2.37. The predicted octanol–water partition coefficient (Wildman–Crippen LogP) is 6.14. The minimum Gasteiger partial charge on any atom is -0.412 e. The summed E-state index contributed by atoms with van der Waals surface area (Å²) in [5.41, 5.74) is 1.46. The molecule has 0 aliphatic carbocycles. The maximum Gasteiger partial charge on any atom is 0.104 e. The molecule has 0 aliphatic rings. The molecule has 0 heterocycles.